The average Bonchev–Trinajstić information content (AvgIpc) is 2.81. The molecule has 0 bridgehead atoms. The molecular formula is C22H28FN3O5S. The van der Waals surface area contributed by atoms with Gasteiger partial charge in [-0.3, -0.25) is 14.0 Å². The van der Waals surface area contributed by atoms with Crippen LogP contribution in [0.5, 0.6) is 5.75 Å². The number of nitrogens with zero attached hydrogens (tertiary/aromatic N) is 2. The molecule has 1 heterocycles. The Kier molecular flexibility index (Phi) is 8.43. The Bertz CT molecular complexity index is 995. The van der Waals surface area contributed by atoms with Crippen LogP contribution in [0, 0.1) is 5.82 Å². The number of anilines is 1. The summed E-state index contributed by atoms with van der Waals surface area (Å²) in [4.78, 5) is 14.8. The molecule has 1 aliphatic heterocycles. The third-order valence-corrected chi connectivity index (χ3v) is 6.91. The van der Waals surface area contributed by atoms with Gasteiger partial charge in [-0.15, -0.1) is 0 Å². The normalized spacial score (nSPS) is 14.7. The highest BCUT2D eigenvalue weighted by atomic mass is 32.2. The van der Waals surface area contributed by atoms with Crippen molar-refractivity contribution in [2.24, 2.45) is 0 Å². The van der Waals surface area contributed by atoms with E-state index in [0.717, 1.165) is 36.4 Å². The zero-order valence-electron chi connectivity index (χ0n) is 18.0. The molecule has 1 fully saturated rings. The molecule has 3 rings (SSSR count). The number of amides is 1. The van der Waals surface area contributed by atoms with E-state index in [1.54, 1.807) is 0 Å². The number of benzene rings is 2. The van der Waals surface area contributed by atoms with Gasteiger partial charge in [0.15, 0.2) is 0 Å². The van der Waals surface area contributed by atoms with Crippen LogP contribution in [0.25, 0.3) is 0 Å². The Morgan fingerprint density at radius 3 is 2.50 bits per heavy atom. The van der Waals surface area contributed by atoms with Crippen molar-refractivity contribution >= 4 is 21.6 Å². The number of methoxy groups -OCH3 is 1. The summed E-state index contributed by atoms with van der Waals surface area (Å²) in [5.41, 5.74) is -0.188. The van der Waals surface area contributed by atoms with Crippen molar-refractivity contribution in [1.29, 1.82) is 0 Å². The van der Waals surface area contributed by atoms with Crippen LogP contribution in [-0.2, 0) is 19.6 Å². The molecule has 1 saturated heterocycles. The molecule has 1 aliphatic rings. The van der Waals surface area contributed by atoms with E-state index < -0.39 is 28.3 Å². The number of sulfonamides is 1. The standard InChI is InChI=1S/C22H28FN3O5S/c1-30-18-7-9-19(10-8-18)32(28,29)26(21-6-3-2-5-20(21)23)17-22(27)24-11-4-12-25-13-15-31-16-14-25/h2-3,5-10H,4,11-17H2,1H3,(H,24,27). The second-order valence-corrected chi connectivity index (χ2v) is 9.16. The molecule has 2 aromatic carbocycles. The molecular weight excluding hydrogens is 437 g/mol. The van der Waals surface area contributed by atoms with Crippen molar-refractivity contribution in [2.45, 2.75) is 11.3 Å². The second-order valence-electron chi connectivity index (χ2n) is 7.30. The average molecular weight is 466 g/mol. The smallest absolute Gasteiger partial charge is 0.264 e. The van der Waals surface area contributed by atoms with Gasteiger partial charge in [-0.05, 0) is 49.4 Å². The molecule has 0 atom stereocenters. The number of morpholine rings is 1. The lowest BCUT2D eigenvalue weighted by atomic mass is 10.3. The third kappa shape index (κ3) is 6.18. The predicted octanol–water partition coefficient (Wildman–Crippen LogP) is 1.87. The van der Waals surface area contributed by atoms with Gasteiger partial charge in [0.2, 0.25) is 5.91 Å². The minimum absolute atomic E-state index is 0.0679. The van der Waals surface area contributed by atoms with E-state index >= 15 is 0 Å². The van der Waals surface area contributed by atoms with Crippen LogP contribution in [0.1, 0.15) is 6.42 Å². The zero-order chi connectivity index (χ0) is 23.0. The van der Waals surface area contributed by atoms with E-state index in [2.05, 4.69) is 10.2 Å². The van der Waals surface area contributed by atoms with Gasteiger partial charge in [0.1, 0.15) is 18.1 Å². The van der Waals surface area contributed by atoms with Gasteiger partial charge in [0.05, 0.1) is 30.9 Å². The van der Waals surface area contributed by atoms with Gasteiger partial charge in [-0.2, -0.15) is 0 Å². The fourth-order valence-electron chi connectivity index (χ4n) is 3.37. The molecule has 0 spiro atoms. The van der Waals surface area contributed by atoms with E-state index in [0.29, 0.717) is 25.5 Å². The predicted molar refractivity (Wildman–Crippen MR) is 119 cm³/mol. The van der Waals surface area contributed by atoms with E-state index in [4.69, 9.17) is 9.47 Å². The molecule has 32 heavy (non-hydrogen) atoms. The fourth-order valence-corrected chi connectivity index (χ4v) is 4.80. The molecule has 0 aromatic heterocycles. The zero-order valence-corrected chi connectivity index (χ0v) is 18.8. The number of hydrogen-bond donors (Lipinski definition) is 1. The first-order valence-corrected chi connectivity index (χ1v) is 11.8. The lowest BCUT2D eigenvalue weighted by Gasteiger charge is -2.26. The minimum atomic E-state index is -4.19. The minimum Gasteiger partial charge on any atom is -0.497 e. The maximum Gasteiger partial charge on any atom is 0.264 e. The Labute approximate surface area is 188 Å². The van der Waals surface area contributed by atoms with Gasteiger partial charge in [-0.1, -0.05) is 12.1 Å². The topological polar surface area (TPSA) is 88.2 Å². The van der Waals surface area contributed by atoms with E-state index in [1.807, 2.05) is 0 Å². The van der Waals surface area contributed by atoms with Crippen molar-refractivity contribution in [3.8, 4) is 5.75 Å². The highest BCUT2D eigenvalue weighted by Crippen LogP contribution is 2.27. The van der Waals surface area contributed by atoms with Crippen LogP contribution < -0.4 is 14.4 Å². The summed E-state index contributed by atoms with van der Waals surface area (Å²) >= 11 is 0. The first kappa shape index (κ1) is 24.0. The Hall–Kier alpha value is -2.69. The number of hydrogen-bond acceptors (Lipinski definition) is 6. The van der Waals surface area contributed by atoms with Crippen molar-refractivity contribution in [3.63, 3.8) is 0 Å². The molecule has 10 heteroatoms. The van der Waals surface area contributed by atoms with Crippen LogP contribution in [-0.4, -0.2) is 72.3 Å². The molecule has 174 valence electrons. The van der Waals surface area contributed by atoms with Crippen molar-refractivity contribution in [2.75, 3.05) is 57.4 Å². The summed E-state index contributed by atoms with van der Waals surface area (Å²) in [6.07, 6.45) is 0.719. The molecule has 0 saturated carbocycles. The molecule has 0 unspecified atom stereocenters. The van der Waals surface area contributed by atoms with E-state index in [-0.39, 0.29) is 10.6 Å². The maximum absolute atomic E-state index is 14.5. The lowest BCUT2D eigenvalue weighted by molar-refractivity contribution is -0.119. The first-order chi connectivity index (χ1) is 15.4. The molecule has 8 nitrogen and oxygen atoms in total. The molecule has 0 aliphatic carbocycles. The summed E-state index contributed by atoms with van der Waals surface area (Å²) in [5.74, 6) is -0.753. The molecule has 1 amide bonds. The van der Waals surface area contributed by atoms with Crippen molar-refractivity contribution < 1.29 is 27.1 Å². The van der Waals surface area contributed by atoms with Crippen LogP contribution in [0.3, 0.4) is 0 Å². The number of carbonyl (C=O) groups excluding carboxylic acids is 1. The van der Waals surface area contributed by atoms with E-state index in [9.17, 15) is 17.6 Å². The first-order valence-electron chi connectivity index (χ1n) is 10.4. The van der Waals surface area contributed by atoms with Crippen LogP contribution in [0.15, 0.2) is 53.4 Å². The summed E-state index contributed by atoms with van der Waals surface area (Å²) in [7, 11) is -2.72. The Balaban J connectivity index is 1.70. The number of ether oxygens (including phenoxy) is 2. The second kappa shape index (κ2) is 11.3. The van der Waals surface area contributed by atoms with Gasteiger partial charge < -0.3 is 14.8 Å². The summed E-state index contributed by atoms with van der Waals surface area (Å²) < 4.78 is 52.2. The number of halogens is 1. The highest BCUT2D eigenvalue weighted by Gasteiger charge is 2.29. The molecule has 0 radical (unpaired) electrons. The Morgan fingerprint density at radius 1 is 1.16 bits per heavy atom. The van der Waals surface area contributed by atoms with Gasteiger partial charge in [-0.25, -0.2) is 12.8 Å². The number of rotatable bonds is 10. The number of para-hydroxylation sites is 1. The van der Waals surface area contributed by atoms with Crippen LogP contribution in [0.4, 0.5) is 10.1 Å². The van der Waals surface area contributed by atoms with Gasteiger partial charge in [0.25, 0.3) is 10.0 Å². The SMILES string of the molecule is COc1ccc(S(=O)(=O)N(CC(=O)NCCCN2CCOCC2)c2ccccc2F)cc1. The van der Waals surface area contributed by atoms with Crippen molar-refractivity contribution in [3.05, 3.63) is 54.3 Å². The van der Waals surface area contributed by atoms with Gasteiger partial charge in [0, 0.05) is 19.6 Å². The fraction of sp³-hybridized carbons (Fsp3) is 0.409. The molecule has 2 aromatic rings. The summed E-state index contributed by atoms with van der Waals surface area (Å²) in [6, 6.07) is 11.2. The third-order valence-electron chi connectivity index (χ3n) is 5.13. The number of nitrogens with one attached hydrogen (secondary N) is 1. The van der Waals surface area contributed by atoms with Crippen LogP contribution in [0.2, 0.25) is 0 Å². The van der Waals surface area contributed by atoms with Crippen molar-refractivity contribution in [1.82, 2.24) is 10.2 Å². The highest BCUT2D eigenvalue weighted by molar-refractivity contribution is 7.92. The van der Waals surface area contributed by atoms with Gasteiger partial charge >= 0.3 is 0 Å². The quantitative estimate of drug-likeness (QED) is 0.539. The summed E-state index contributed by atoms with van der Waals surface area (Å²) in [5, 5.41) is 2.74. The van der Waals surface area contributed by atoms with Crippen LogP contribution >= 0.6 is 0 Å². The van der Waals surface area contributed by atoms with E-state index in [1.165, 1.54) is 49.6 Å². The Morgan fingerprint density at radius 2 is 1.84 bits per heavy atom. The molecule has 1 N–H and O–H groups in total. The monoisotopic (exact) mass is 465 g/mol. The maximum atomic E-state index is 14.5. The lowest BCUT2D eigenvalue weighted by Crippen LogP contribution is -2.42. The summed E-state index contributed by atoms with van der Waals surface area (Å²) in [6.45, 7) is 3.78. The number of carbonyl (C=O) groups is 1. The largest absolute Gasteiger partial charge is 0.497 e.